The smallest absolute Gasteiger partial charge is 0.409 e. The number of amides is 1. The van der Waals surface area contributed by atoms with E-state index in [-0.39, 0.29) is 17.3 Å². The van der Waals surface area contributed by atoms with Crippen LogP contribution in [0, 0.1) is 10.1 Å². The van der Waals surface area contributed by atoms with E-state index in [2.05, 4.69) is 15.6 Å². The molecule has 0 saturated carbocycles. The van der Waals surface area contributed by atoms with Crippen molar-refractivity contribution < 1.29 is 19.6 Å². The van der Waals surface area contributed by atoms with Gasteiger partial charge in [0.15, 0.2) is 0 Å². The topological polar surface area (TPSA) is 127 Å². The second kappa shape index (κ2) is 6.39. The summed E-state index contributed by atoms with van der Waals surface area (Å²) in [5.41, 5.74) is 0.0812. The highest BCUT2D eigenvalue weighted by atomic mass is 16.6. The van der Waals surface area contributed by atoms with Crippen molar-refractivity contribution >= 4 is 23.3 Å². The van der Waals surface area contributed by atoms with Crippen molar-refractivity contribution in [1.82, 2.24) is 4.98 Å². The molecule has 1 aromatic heterocycles. The van der Waals surface area contributed by atoms with E-state index in [4.69, 9.17) is 9.84 Å². The van der Waals surface area contributed by atoms with E-state index < -0.39 is 11.0 Å². The molecule has 3 N–H and O–H groups in total. The van der Waals surface area contributed by atoms with Crippen molar-refractivity contribution in [2.45, 2.75) is 0 Å². The molecule has 1 amide bonds. The van der Waals surface area contributed by atoms with Crippen molar-refractivity contribution in [3.63, 3.8) is 0 Å². The zero-order valence-corrected chi connectivity index (χ0v) is 11.4. The molecule has 1 aromatic carbocycles. The second-order valence-electron chi connectivity index (χ2n) is 4.07. The number of nitrogens with one attached hydrogen (secondary N) is 2. The Balaban J connectivity index is 2.27. The van der Waals surface area contributed by atoms with Crippen LogP contribution in [0.1, 0.15) is 0 Å². The molecule has 0 unspecified atom stereocenters. The summed E-state index contributed by atoms with van der Waals surface area (Å²) in [5.74, 6) is 0.447. The SMILES string of the molecule is CNc1nccc(Oc2ccc(NC(=O)O)cc2)c1[N+](=O)[O-]. The van der Waals surface area contributed by atoms with E-state index in [0.717, 1.165) is 0 Å². The van der Waals surface area contributed by atoms with Crippen molar-refractivity contribution in [1.29, 1.82) is 0 Å². The lowest BCUT2D eigenvalue weighted by atomic mass is 10.3. The lowest BCUT2D eigenvalue weighted by molar-refractivity contribution is -0.385. The zero-order chi connectivity index (χ0) is 16.1. The summed E-state index contributed by atoms with van der Waals surface area (Å²) in [7, 11) is 1.52. The van der Waals surface area contributed by atoms with Crippen molar-refractivity contribution in [2.24, 2.45) is 0 Å². The second-order valence-corrected chi connectivity index (χ2v) is 4.07. The number of hydrogen-bond acceptors (Lipinski definition) is 6. The molecule has 0 aliphatic heterocycles. The molecule has 9 nitrogen and oxygen atoms in total. The van der Waals surface area contributed by atoms with Gasteiger partial charge in [-0.15, -0.1) is 0 Å². The molecule has 2 aromatic rings. The quantitative estimate of drug-likeness (QED) is 0.572. The van der Waals surface area contributed by atoms with Crippen molar-refractivity contribution in [3.8, 4) is 11.5 Å². The number of pyridine rings is 1. The van der Waals surface area contributed by atoms with E-state index in [1.54, 1.807) is 0 Å². The maximum atomic E-state index is 11.1. The Morgan fingerprint density at radius 3 is 2.55 bits per heavy atom. The molecule has 0 atom stereocenters. The number of carbonyl (C=O) groups is 1. The summed E-state index contributed by atoms with van der Waals surface area (Å²) >= 11 is 0. The van der Waals surface area contributed by atoms with Gasteiger partial charge in [0.1, 0.15) is 5.75 Å². The van der Waals surface area contributed by atoms with Gasteiger partial charge in [0, 0.05) is 25.0 Å². The number of aromatic nitrogens is 1. The number of hydrogen-bond donors (Lipinski definition) is 3. The molecule has 0 fully saturated rings. The fourth-order valence-corrected chi connectivity index (χ4v) is 1.73. The van der Waals surface area contributed by atoms with Gasteiger partial charge in [-0.25, -0.2) is 9.78 Å². The van der Waals surface area contributed by atoms with Crippen LogP contribution in [0.15, 0.2) is 36.5 Å². The number of nitrogens with zero attached hydrogens (tertiary/aromatic N) is 2. The number of ether oxygens (including phenoxy) is 1. The Bertz CT molecular complexity index is 702. The Morgan fingerprint density at radius 2 is 2.00 bits per heavy atom. The van der Waals surface area contributed by atoms with Crippen molar-refractivity contribution in [2.75, 3.05) is 17.7 Å². The maximum absolute atomic E-state index is 11.1. The van der Waals surface area contributed by atoms with Crippen LogP contribution in [0.4, 0.5) is 22.0 Å². The molecule has 0 spiro atoms. The number of benzene rings is 1. The van der Waals surface area contributed by atoms with Gasteiger partial charge in [-0.1, -0.05) is 0 Å². The van der Waals surface area contributed by atoms with Crippen LogP contribution in [0.3, 0.4) is 0 Å². The van der Waals surface area contributed by atoms with E-state index in [9.17, 15) is 14.9 Å². The third-order valence-electron chi connectivity index (χ3n) is 2.64. The summed E-state index contributed by atoms with van der Waals surface area (Å²) in [6.45, 7) is 0. The molecular weight excluding hydrogens is 292 g/mol. The van der Waals surface area contributed by atoms with Crippen LogP contribution in [0.5, 0.6) is 11.5 Å². The van der Waals surface area contributed by atoms with Crippen LogP contribution in [-0.4, -0.2) is 28.2 Å². The summed E-state index contributed by atoms with van der Waals surface area (Å²) in [5, 5.41) is 24.5. The molecule has 0 bridgehead atoms. The molecule has 1 heterocycles. The largest absolute Gasteiger partial charge is 0.465 e. The van der Waals surface area contributed by atoms with Gasteiger partial charge in [0.2, 0.25) is 11.6 Å². The van der Waals surface area contributed by atoms with E-state index in [0.29, 0.717) is 11.4 Å². The van der Waals surface area contributed by atoms with Gasteiger partial charge in [-0.2, -0.15) is 0 Å². The Hall–Kier alpha value is -3.36. The van der Waals surface area contributed by atoms with Gasteiger partial charge in [-0.3, -0.25) is 15.4 Å². The number of nitro groups is 1. The van der Waals surface area contributed by atoms with E-state index in [1.165, 1.54) is 43.6 Å². The summed E-state index contributed by atoms with van der Waals surface area (Å²) in [6, 6.07) is 7.33. The summed E-state index contributed by atoms with van der Waals surface area (Å²) in [6.07, 6.45) is 0.200. The number of anilines is 2. The first kappa shape index (κ1) is 15.0. The Kier molecular flexibility index (Phi) is 4.37. The van der Waals surface area contributed by atoms with Crippen molar-refractivity contribution in [3.05, 3.63) is 46.6 Å². The van der Waals surface area contributed by atoms with Gasteiger partial charge >= 0.3 is 11.8 Å². The minimum absolute atomic E-state index is 0.0308. The standard InChI is InChI=1S/C13H12N4O5/c1-14-12-11(17(20)21)10(6-7-15-12)22-9-4-2-8(3-5-9)16-13(18)19/h2-7,16H,1H3,(H,14,15)(H,18,19). The van der Waals surface area contributed by atoms with Crippen LogP contribution in [-0.2, 0) is 0 Å². The predicted molar refractivity (Wildman–Crippen MR) is 78.6 cm³/mol. The summed E-state index contributed by atoms with van der Waals surface area (Å²) in [4.78, 5) is 24.9. The summed E-state index contributed by atoms with van der Waals surface area (Å²) < 4.78 is 5.48. The number of rotatable bonds is 5. The van der Waals surface area contributed by atoms with Crippen LogP contribution in [0.25, 0.3) is 0 Å². The lowest BCUT2D eigenvalue weighted by Crippen LogP contribution is -2.06. The number of carboxylic acid groups (broad SMARTS) is 1. The fourth-order valence-electron chi connectivity index (χ4n) is 1.73. The highest BCUT2D eigenvalue weighted by Crippen LogP contribution is 2.35. The zero-order valence-electron chi connectivity index (χ0n) is 11.4. The molecule has 114 valence electrons. The first-order valence-corrected chi connectivity index (χ1v) is 6.10. The van der Waals surface area contributed by atoms with Gasteiger partial charge < -0.3 is 15.2 Å². The molecular formula is C13H12N4O5. The normalized spacial score (nSPS) is 9.86. The maximum Gasteiger partial charge on any atom is 0.409 e. The molecule has 22 heavy (non-hydrogen) atoms. The molecule has 0 radical (unpaired) electrons. The highest BCUT2D eigenvalue weighted by Gasteiger charge is 2.22. The first-order chi connectivity index (χ1) is 10.5. The van der Waals surface area contributed by atoms with Crippen LogP contribution < -0.4 is 15.4 Å². The average molecular weight is 304 g/mol. The van der Waals surface area contributed by atoms with E-state index in [1.807, 2.05) is 0 Å². The van der Waals surface area contributed by atoms with Crippen LogP contribution in [0.2, 0.25) is 0 Å². The molecule has 9 heteroatoms. The predicted octanol–water partition coefficient (Wildman–Crippen LogP) is 2.91. The minimum atomic E-state index is -1.18. The van der Waals surface area contributed by atoms with Gasteiger partial charge in [0.25, 0.3) is 0 Å². The van der Waals surface area contributed by atoms with E-state index >= 15 is 0 Å². The first-order valence-electron chi connectivity index (χ1n) is 6.10. The van der Waals surface area contributed by atoms with Crippen LogP contribution >= 0.6 is 0 Å². The monoisotopic (exact) mass is 304 g/mol. The lowest BCUT2D eigenvalue weighted by Gasteiger charge is -2.09. The highest BCUT2D eigenvalue weighted by molar-refractivity contribution is 5.82. The third-order valence-corrected chi connectivity index (χ3v) is 2.64. The third kappa shape index (κ3) is 3.39. The molecule has 0 aliphatic carbocycles. The van der Waals surface area contributed by atoms with Gasteiger partial charge in [-0.05, 0) is 24.3 Å². The Morgan fingerprint density at radius 1 is 1.32 bits per heavy atom. The minimum Gasteiger partial charge on any atom is -0.465 e. The molecule has 2 rings (SSSR count). The average Bonchev–Trinajstić information content (AvgIpc) is 2.48. The van der Waals surface area contributed by atoms with Gasteiger partial charge in [0.05, 0.1) is 4.92 Å². The Labute approximate surface area is 124 Å². The molecule has 0 saturated heterocycles. The fraction of sp³-hybridized carbons (Fsp3) is 0.0769. The molecule has 0 aliphatic rings.